The van der Waals surface area contributed by atoms with E-state index in [1.807, 2.05) is 25.4 Å². The molecule has 124 valence electrons. The van der Waals surface area contributed by atoms with Crippen molar-refractivity contribution in [3.05, 3.63) is 48.0 Å². The molecule has 5 heteroatoms. The molecule has 1 aliphatic heterocycles. The molecule has 0 saturated carbocycles. The van der Waals surface area contributed by atoms with Crippen molar-refractivity contribution in [1.29, 1.82) is 0 Å². The van der Waals surface area contributed by atoms with Gasteiger partial charge in [0.05, 0.1) is 23.5 Å². The molecular weight excluding hydrogens is 300 g/mol. The van der Waals surface area contributed by atoms with E-state index in [2.05, 4.69) is 45.1 Å². The summed E-state index contributed by atoms with van der Waals surface area (Å²) < 4.78 is 7.81. The summed E-state index contributed by atoms with van der Waals surface area (Å²) in [5.41, 5.74) is 4.40. The van der Waals surface area contributed by atoms with E-state index in [1.165, 1.54) is 11.1 Å². The van der Waals surface area contributed by atoms with Crippen LogP contribution in [0.3, 0.4) is 0 Å². The maximum atomic E-state index is 5.50. The van der Waals surface area contributed by atoms with Crippen molar-refractivity contribution in [2.24, 2.45) is 5.92 Å². The van der Waals surface area contributed by atoms with Gasteiger partial charge in [-0.05, 0) is 44.0 Å². The highest BCUT2D eigenvalue weighted by atomic mass is 16.5. The largest absolute Gasteiger partial charge is 0.381 e. The van der Waals surface area contributed by atoms with Gasteiger partial charge in [0.1, 0.15) is 5.82 Å². The van der Waals surface area contributed by atoms with E-state index >= 15 is 0 Å². The Balaban J connectivity index is 1.68. The number of fused-ring (bicyclic) bond motifs is 1. The molecule has 1 N–H and O–H groups in total. The molecule has 0 radical (unpaired) electrons. The smallest absolute Gasteiger partial charge is 0.139 e. The molecule has 4 heterocycles. The Morgan fingerprint density at radius 1 is 1.21 bits per heavy atom. The summed E-state index contributed by atoms with van der Waals surface area (Å²) >= 11 is 0. The molecule has 0 amide bonds. The van der Waals surface area contributed by atoms with E-state index in [-0.39, 0.29) is 0 Å². The Labute approximate surface area is 141 Å². The van der Waals surface area contributed by atoms with Crippen LogP contribution in [0.2, 0.25) is 0 Å². The van der Waals surface area contributed by atoms with Crippen LogP contribution in [-0.2, 0) is 11.3 Å². The number of hydrogen-bond acceptors (Lipinski definition) is 4. The fourth-order valence-electron chi connectivity index (χ4n) is 3.39. The monoisotopic (exact) mass is 322 g/mol. The number of rotatable bonds is 4. The summed E-state index contributed by atoms with van der Waals surface area (Å²) in [5.74, 6) is 1.49. The summed E-state index contributed by atoms with van der Waals surface area (Å²) in [6.45, 7) is 6.85. The van der Waals surface area contributed by atoms with Crippen LogP contribution in [0, 0.1) is 19.8 Å². The molecule has 24 heavy (non-hydrogen) atoms. The number of nitrogens with one attached hydrogen (secondary N) is 1. The molecule has 0 bridgehead atoms. The third kappa shape index (κ3) is 2.76. The second-order valence-electron chi connectivity index (χ2n) is 6.50. The predicted octanol–water partition coefficient (Wildman–Crippen LogP) is 3.83. The van der Waals surface area contributed by atoms with Crippen LogP contribution < -0.4 is 5.32 Å². The van der Waals surface area contributed by atoms with Crippen molar-refractivity contribution < 1.29 is 4.74 Å². The minimum atomic E-state index is 0.605. The van der Waals surface area contributed by atoms with Gasteiger partial charge in [-0.1, -0.05) is 0 Å². The maximum absolute atomic E-state index is 5.50. The van der Waals surface area contributed by atoms with Crippen LogP contribution in [-0.4, -0.2) is 27.7 Å². The minimum Gasteiger partial charge on any atom is -0.381 e. The highest BCUT2D eigenvalue weighted by Gasteiger charge is 2.17. The Hall–Kier alpha value is -2.40. The zero-order chi connectivity index (χ0) is 16.5. The lowest BCUT2D eigenvalue weighted by molar-refractivity contribution is 0.183. The normalized spacial score (nSPS) is 17.5. The molecule has 3 aromatic rings. The first-order valence-corrected chi connectivity index (χ1v) is 8.43. The second-order valence-corrected chi connectivity index (χ2v) is 6.50. The van der Waals surface area contributed by atoms with Crippen LogP contribution in [0.5, 0.6) is 0 Å². The van der Waals surface area contributed by atoms with Gasteiger partial charge in [-0.15, -0.1) is 0 Å². The zero-order valence-electron chi connectivity index (χ0n) is 14.1. The van der Waals surface area contributed by atoms with Gasteiger partial charge in [-0.25, -0.2) is 4.98 Å². The number of anilines is 2. The summed E-state index contributed by atoms with van der Waals surface area (Å²) in [6.07, 6.45) is 7.00. The van der Waals surface area contributed by atoms with E-state index in [4.69, 9.17) is 4.74 Å². The molecule has 1 atom stereocenters. The Morgan fingerprint density at radius 2 is 2.08 bits per heavy atom. The molecule has 0 aliphatic carbocycles. The quantitative estimate of drug-likeness (QED) is 0.793. The van der Waals surface area contributed by atoms with Crippen molar-refractivity contribution in [2.45, 2.75) is 26.8 Å². The van der Waals surface area contributed by atoms with Gasteiger partial charge in [0.25, 0.3) is 0 Å². The number of aromatic nitrogens is 3. The van der Waals surface area contributed by atoms with Gasteiger partial charge >= 0.3 is 0 Å². The summed E-state index contributed by atoms with van der Waals surface area (Å²) in [4.78, 5) is 8.93. The molecule has 1 aliphatic rings. The molecule has 3 aromatic heterocycles. The van der Waals surface area contributed by atoms with Crippen molar-refractivity contribution in [2.75, 3.05) is 18.5 Å². The van der Waals surface area contributed by atoms with E-state index < -0.39 is 0 Å². The highest BCUT2D eigenvalue weighted by Crippen LogP contribution is 2.29. The van der Waals surface area contributed by atoms with Crippen molar-refractivity contribution >= 4 is 22.4 Å². The van der Waals surface area contributed by atoms with Gasteiger partial charge < -0.3 is 14.6 Å². The van der Waals surface area contributed by atoms with E-state index in [0.717, 1.165) is 48.8 Å². The topological polar surface area (TPSA) is 52.0 Å². The SMILES string of the molecule is Cc1ccnc(C)c1Nc1nccc2c1ccn2CC1CCOC1. The fourth-order valence-corrected chi connectivity index (χ4v) is 3.39. The number of hydrogen-bond donors (Lipinski definition) is 1. The third-order valence-corrected chi connectivity index (χ3v) is 4.77. The lowest BCUT2D eigenvalue weighted by atomic mass is 10.1. The van der Waals surface area contributed by atoms with E-state index in [1.54, 1.807) is 0 Å². The van der Waals surface area contributed by atoms with E-state index in [0.29, 0.717) is 5.92 Å². The van der Waals surface area contributed by atoms with Gasteiger partial charge in [0.15, 0.2) is 0 Å². The van der Waals surface area contributed by atoms with Gasteiger partial charge in [0, 0.05) is 43.0 Å². The molecule has 1 saturated heterocycles. The Morgan fingerprint density at radius 3 is 2.88 bits per heavy atom. The van der Waals surface area contributed by atoms with Crippen LogP contribution >= 0.6 is 0 Å². The zero-order valence-corrected chi connectivity index (χ0v) is 14.1. The van der Waals surface area contributed by atoms with Crippen LogP contribution in [0.1, 0.15) is 17.7 Å². The highest BCUT2D eigenvalue weighted by molar-refractivity contribution is 5.92. The molecule has 1 fully saturated rings. The third-order valence-electron chi connectivity index (χ3n) is 4.77. The number of ether oxygens (including phenoxy) is 1. The average Bonchev–Trinajstić information content (AvgIpc) is 3.22. The molecular formula is C19H22N4O. The van der Waals surface area contributed by atoms with Gasteiger partial charge in [0.2, 0.25) is 0 Å². The molecule has 0 spiro atoms. The first-order valence-electron chi connectivity index (χ1n) is 8.43. The van der Waals surface area contributed by atoms with Crippen LogP contribution in [0.25, 0.3) is 10.9 Å². The first-order chi connectivity index (χ1) is 11.7. The van der Waals surface area contributed by atoms with E-state index in [9.17, 15) is 0 Å². The molecule has 4 rings (SSSR count). The summed E-state index contributed by atoms with van der Waals surface area (Å²) in [5, 5.41) is 4.62. The van der Waals surface area contributed by atoms with Crippen molar-refractivity contribution in [1.82, 2.24) is 14.5 Å². The Kier molecular flexibility index (Phi) is 3.94. The average molecular weight is 322 g/mol. The lowest BCUT2D eigenvalue weighted by Crippen LogP contribution is -2.09. The first kappa shape index (κ1) is 15.1. The lowest BCUT2D eigenvalue weighted by Gasteiger charge is -2.13. The van der Waals surface area contributed by atoms with Gasteiger partial charge in [-0.2, -0.15) is 0 Å². The minimum absolute atomic E-state index is 0.605. The number of nitrogens with zero attached hydrogens (tertiary/aromatic N) is 3. The van der Waals surface area contributed by atoms with Crippen molar-refractivity contribution in [3.8, 4) is 0 Å². The second kappa shape index (κ2) is 6.24. The van der Waals surface area contributed by atoms with Gasteiger partial charge in [-0.3, -0.25) is 4.98 Å². The fraction of sp³-hybridized carbons (Fsp3) is 0.368. The molecule has 5 nitrogen and oxygen atoms in total. The molecule has 1 unspecified atom stereocenters. The van der Waals surface area contributed by atoms with Crippen LogP contribution in [0.4, 0.5) is 11.5 Å². The Bertz CT molecular complexity index is 845. The number of pyridine rings is 2. The predicted molar refractivity (Wildman–Crippen MR) is 95.7 cm³/mol. The number of aryl methyl sites for hydroxylation is 2. The standard InChI is InChI=1S/C19H22N4O/c1-13-3-7-20-14(2)18(13)22-19-16-5-9-23(17(16)4-8-21-19)11-15-6-10-24-12-15/h3-5,7-9,15H,6,10-12H2,1-2H3,(H,21,22). The van der Waals surface area contributed by atoms with Crippen molar-refractivity contribution in [3.63, 3.8) is 0 Å². The van der Waals surface area contributed by atoms with Crippen LogP contribution in [0.15, 0.2) is 36.8 Å². The summed E-state index contributed by atoms with van der Waals surface area (Å²) in [6, 6.07) is 6.24. The summed E-state index contributed by atoms with van der Waals surface area (Å²) in [7, 11) is 0. The maximum Gasteiger partial charge on any atom is 0.139 e. The molecule has 0 aromatic carbocycles.